The predicted molar refractivity (Wildman–Crippen MR) is 50.9 cm³/mol. The molecule has 0 aliphatic rings. The summed E-state index contributed by atoms with van der Waals surface area (Å²) in [6.45, 7) is 10.8. The van der Waals surface area contributed by atoms with E-state index < -0.39 is 18.4 Å². The molecule has 0 aromatic carbocycles. The van der Waals surface area contributed by atoms with Crippen molar-refractivity contribution >= 4 is 5.78 Å². The van der Waals surface area contributed by atoms with E-state index in [1.165, 1.54) is 12.2 Å². The van der Waals surface area contributed by atoms with Crippen molar-refractivity contribution in [3.8, 4) is 0 Å². The fourth-order valence-electron chi connectivity index (χ4n) is 0.578. The summed E-state index contributed by atoms with van der Waals surface area (Å²) in [7, 11) is 0. The van der Waals surface area contributed by atoms with Crippen molar-refractivity contribution in [2.75, 3.05) is 0 Å². The molecule has 0 N–H and O–H groups in total. The van der Waals surface area contributed by atoms with Crippen molar-refractivity contribution in [3.63, 3.8) is 0 Å². The van der Waals surface area contributed by atoms with Gasteiger partial charge in [-0.2, -0.15) is 13.2 Å². The molecule has 0 amide bonds. The number of carbonyl (C=O) groups excluding carboxylic acids is 1. The first kappa shape index (κ1) is 15.2. The largest absolute Gasteiger partial charge is 0.450 e. The van der Waals surface area contributed by atoms with Gasteiger partial charge >= 0.3 is 6.18 Å². The monoisotopic (exact) mass is 206 g/mol. The minimum Gasteiger partial charge on any atom is -0.289 e. The Balaban J connectivity index is 0. The van der Waals surface area contributed by atoms with E-state index in [2.05, 4.69) is 19.7 Å². The van der Waals surface area contributed by atoms with Gasteiger partial charge < -0.3 is 0 Å². The Morgan fingerprint density at radius 1 is 1.36 bits per heavy atom. The molecule has 1 nitrogen and oxygen atoms in total. The zero-order chi connectivity index (χ0) is 11.8. The van der Waals surface area contributed by atoms with Crippen LogP contribution in [0, 0.1) is 0 Å². The van der Waals surface area contributed by atoms with E-state index in [-0.39, 0.29) is 5.57 Å². The van der Waals surface area contributed by atoms with Gasteiger partial charge in [-0.25, -0.2) is 0 Å². The van der Waals surface area contributed by atoms with Gasteiger partial charge in [-0.1, -0.05) is 18.7 Å². The lowest BCUT2D eigenvalue weighted by atomic mass is 10.1. The van der Waals surface area contributed by atoms with Gasteiger partial charge in [-0.3, -0.25) is 4.79 Å². The molecule has 0 fully saturated rings. The number of ketones is 1. The third-order valence-electron chi connectivity index (χ3n) is 1.31. The van der Waals surface area contributed by atoms with E-state index in [1.807, 2.05) is 0 Å². The van der Waals surface area contributed by atoms with Crippen LogP contribution in [0.25, 0.3) is 0 Å². The number of hydrogen-bond donors (Lipinski definition) is 0. The van der Waals surface area contributed by atoms with Gasteiger partial charge in [-0.15, -0.1) is 13.2 Å². The van der Waals surface area contributed by atoms with Crippen LogP contribution in [0.1, 0.15) is 13.3 Å². The van der Waals surface area contributed by atoms with Crippen LogP contribution >= 0.6 is 0 Å². The summed E-state index contributed by atoms with van der Waals surface area (Å²) in [5.41, 5.74) is 0.289. The van der Waals surface area contributed by atoms with Crippen molar-refractivity contribution in [1.29, 1.82) is 0 Å². The van der Waals surface area contributed by atoms with Crippen LogP contribution < -0.4 is 0 Å². The van der Waals surface area contributed by atoms with Crippen molar-refractivity contribution < 1.29 is 18.0 Å². The van der Waals surface area contributed by atoms with E-state index in [0.29, 0.717) is 0 Å². The third-order valence-corrected chi connectivity index (χ3v) is 1.31. The first-order chi connectivity index (χ1) is 6.41. The van der Waals surface area contributed by atoms with Crippen LogP contribution in [0.4, 0.5) is 13.2 Å². The Kier molecular flexibility index (Phi) is 7.71. The molecule has 0 unspecified atom stereocenters. The van der Waals surface area contributed by atoms with E-state index in [4.69, 9.17) is 0 Å². The number of halogens is 3. The molecule has 0 aromatic heterocycles. The first-order valence-electron chi connectivity index (χ1n) is 3.79. The van der Waals surface area contributed by atoms with Crippen molar-refractivity contribution in [1.82, 2.24) is 0 Å². The molecule has 4 heteroatoms. The quantitative estimate of drug-likeness (QED) is 0.510. The Hall–Kier alpha value is -1.32. The predicted octanol–water partition coefficient (Wildman–Crippen LogP) is 3.44. The lowest BCUT2D eigenvalue weighted by molar-refractivity contribution is -0.170. The third kappa shape index (κ3) is 6.22. The minimum atomic E-state index is -4.74. The van der Waals surface area contributed by atoms with E-state index in [0.717, 1.165) is 0 Å². The molecule has 0 heterocycles. The molecule has 14 heavy (non-hydrogen) atoms. The van der Waals surface area contributed by atoms with Crippen molar-refractivity contribution in [2.45, 2.75) is 19.5 Å². The Morgan fingerprint density at radius 2 is 1.79 bits per heavy atom. The van der Waals surface area contributed by atoms with E-state index in [1.54, 1.807) is 6.92 Å². The second-order valence-electron chi connectivity index (χ2n) is 2.17. The van der Waals surface area contributed by atoms with Crippen LogP contribution in [0.3, 0.4) is 0 Å². The number of Topliss-reactive ketones (excluding diaryl/α,β-unsaturated/α-hetero) is 1. The maximum atomic E-state index is 11.7. The van der Waals surface area contributed by atoms with Crippen LogP contribution in [-0.2, 0) is 4.79 Å². The standard InChI is InChI=1S/C8H9F3O.C2H4/c1-3-6(4-2)5-7(12)8(9,10)11;1-2/h3-4H,1,5H2,2H3;1-2H2/b6-4+;. The van der Waals surface area contributed by atoms with Gasteiger partial charge in [0.25, 0.3) is 0 Å². The molecule has 0 aromatic rings. The highest BCUT2D eigenvalue weighted by molar-refractivity contribution is 5.86. The molecule has 0 rings (SSSR count). The van der Waals surface area contributed by atoms with Gasteiger partial charge in [-0.05, 0) is 12.5 Å². The molecule has 0 aliphatic heterocycles. The van der Waals surface area contributed by atoms with Gasteiger partial charge in [0.15, 0.2) is 0 Å². The highest BCUT2D eigenvalue weighted by Crippen LogP contribution is 2.20. The fourth-order valence-corrected chi connectivity index (χ4v) is 0.578. The van der Waals surface area contributed by atoms with Crippen LogP contribution in [0.5, 0.6) is 0 Å². The molecular formula is C10H13F3O. The first-order valence-corrected chi connectivity index (χ1v) is 3.79. The van der Waals surface area contributed by atoms with E-state index in [9.17, 15) is 18.0 Å². The number of carbonyl (C=O) groups is 1. The van der Waals surface area contributed by atoms with Gasteiger partial charge in [0.05, 0.1) is 0 Å². The van der Waals surface area contributed by atoms with Gasteiger partial charge in [0.2, 0.25) is 5.78 Å². The molecular weight excluding hydrogens is 193 g/mol. The summed E-state index contributed by atoms with van der Waals surface area (Å²) in [5.74, 6) is -1.74. The summed E-state index contributed by atoms with van der Waals surface area (Å²) in [6.07, 6.45) is -2.69. The number of hydrogen-bond acceptors (Lipinski definition) is 1. The summed E-state index contributed by atoms with van der Waals surface area (Å²) < 4.78 is 35.0. The molecule has 0 bridgehead atoms. The summed E-state index contributed by atoms with van der Waals surface area (Å²) >= 11 is 0. The molecule has 80 valence electrons. The van der Waals surface area contributed by atoms with Gasteiger partial charge in [0, 0.05) is 6.42 Å². The number of allylic oxidation sites excluding steroid dienone is 3. The highest BCUT2D eigenvalue weighted by Gasteiger charge is 2.37. The lowest BCUT2D eigenvalue weighted by Crippen LogP contribution is -2.22. The average molecular weight is 206 g/mol. The maximum Gasteiger partial charge on any atom is 0.450 e. The lowest BCUT2D eigenvalue weighted by Gasteiger charge is -2.04. The zero-order valence-electron chi connectivity index (χ0n) is 8.03. The normalized spacial score (nSPS) is 11.3. The topological polar surface area (TPSA) is 17.1 Å². The maximum absolute atomic E-state index is 11.7. The molecule has 0 saturated carbocycles. The van der Waals surface area contributed by atoms with E-state index >= 15 is 0 Å². The Bertz CT molecular complexity index is 226. The van der Waals surface area contributed by atoms with Crippen molar-refractivity contribution in [2.24, 2.45) is 0 Å². The second kappa shape index (κ2) is 7.12. The SMILES string of the molecule is C=C.C=C/C(=C\C)CC(=O)C(F)(F)F. The van der Waals surface area contributed by atoms with Crippen LogP contribution in [0.15, 0.2) is 37.5 Å². The average Bonchev–Trinajstić information content (AvgIpc) is 2.15. The number of alkyl halides is 3. The van der Waals surface area contributed by atoms with Crippen LogP contribution in [0.2, 0.25) is 0 Å². The van der Waals surface area contributed by atoms with Gasteiger partial charge in [0.1, 0.15) is 0 Å². The highest BCUT2D eigenvalue weighted by atomic mass is 19.4. The number of rotatable bonds is 3. The fraction of sp³-hybridized carbons (Fsp3) is 0.300. The summed E-state index contributed by atoms with van der Waals surface area (Å²) in [4.78, 5) is 10.4. The summed E-state index contributed by atoms with van der Waals surface area (Å²) in [5, 5.41) is 0. The smallest absolute Gasteiger partial charge is 0.289 e. The molecule has 0 saturated heterocycles. The van der Waals surface area contributed by atoms with Crippen molar-refractivity contribution in [3.05, 3.63) is 37.5 Å². The Labute approximate surface area is 81.6 Å². The second-order valence-corrected chi connectivity index (χ2v) is 2.17. The van der Waals surface area contributed by atoms with Crippen LogP contribution in [-0.4, -0.2) is 12.0 Å². The molecule has 0 atom stereocenters. The minimum absolute atomic E-state index is 0.289. The molecule has 0 spiro atoms. The zero-order valence-corrected chi connectivity index (χ0v) is 8.03. The Morgan fingerprint density at radius 3 is 2.00 bits per heavy atom. The molecule has 0 aliphatic carbocycles. The molecule has 0 radical (unpaired) electrons. The summed E-state index contributed by atoms with van der Waals surface area (Å²) in [6, 6.07) is 0.